The first-order chi connectivity index (χ1) is 4.27. The Balaban J connectivity index is 3.35. The quantitative estimate of drug-likeness (QED) is 0.513. The van der Waals surface area contributed by atoms with Crippen LogP contribution in [0.4, 0.5) is 4.39 Å². The van der Waals surface area contributed by atoms with E-state index >= 15 is 0 Å². The van der Waals surface area contributed by atoms with Crippen molar-refractivity contribution in [2.75, 3.05) is 0 Å². The SMILES string of the molecule is CC/C=C\C=C/C(C)F. The Labute approximate surface area is 56.1 Å². The highest BCUT2D eigenvalue weighted by Crippen LogP contribution is 1.90. The number of hydrogen-bond donors (Lipinski definition) is 0. The van der Waals surface area contributed by atoms with Crippen LogP contribution >= 0.6 is 0 Å². The molecule has 0 saturated heterocycles. The zero-order chi connectivity index (χ0) is 7.11. The van der Waals surface area contributed by atoms with Gasteiger partial charge in [-0.15, -0.1) is 0 Å². The largest absolute Gasteiger partial charge is 0.243 e. The minimum Gasteiger partial charge on any atom is -0.243 e. The number of hydrogen-bond acceptors (Lipinski definition) is 0. The molecule has 1 heteroatoms. The van der Waals surface area contributed by atoms with E-state index in [1.807, 2.05) is 19.1 Å². The van der Waals surface area contributed by atoms with Gasteiger partial charge in [0.15, 0.2) is 0 Å². The van der Waals surface area contributed by atoms with Crippen molar-refractivity contribution < 1.29 is 4.39 Å². The normalized spacial score (nSPS) is 15.4. The van der Waals surface area contributed by atoms with Gasteiger partial charge in [0.1, 0.15) is 6.17 Å². The molecule has 0 aromatic heterocycles. The minimum absolute atomic E-state index is 0.827. The highest BCUT2D eigenvalue weighted by molar-refractivity contribution is 5.03. The zero-order valence-corrected chi connectivity index (χ0v) is 5.97. The molecule has 0 rings (SSSR count). The maximum absolute atomic E-state index is 12.0. The van der Waals surface area contributed by atoms with Gasteiger partial charge in [-0.2, -0.15) is 0 Å². The third-order valence-electron chi connectivity index (χ3n) is 0.859. The van der Waals surface area contributed by atoms with Gasteiger partial charge in [0.2, 0.25) is 0 Å². The summed E-state index contributed by atoms with van der Waals surface area (Å²) in [5.41, 5.74) is 0. The molecule has 0 aliphatic carbocycles. The summed E-state index contributed by atoms with van der Waals surface area (Å²) in [6.07, 6.45) is 7.27. The maximum atomic E-state index is 12.0. The van der Waals surface area contributed by atoms with Crippen molar-refractivity contribution in [2.24, 2.45) is 0 Å². The van der Waals surface area contributed by atoms with E-state index in [9.17, 15) is 4.39 Å². The second kappa shape index (κ2) is 5.54. The fourth-order valence-electron chi connectivity index (χ4n) is 0.432. The Hall–Kier alpha value is -0.590. The lowest BCUT2D eigenvalue weighted by molar-refractivity contribution is 0.430. The Bertz CT molecular complexity index is 101. The molecule has 1 unspecified atom stereocenters. The molecule has 0 N–H and O–H groups in total. The van der Waals surface area contributed by atoms with E-state index in [0.717, 1.165) is 6.42 Å². The Kier molecular flexibility index (Phi) is 5.18. The lowest BCUT2D eigenvalue weighted by atomic mass is 10.3. The molecule has 0 amide bonds. The van der Waals surface area contributed by atoms with E-state index in [-0.39, 0.29) is 0 Å². The Morgan fingerprint density at radius 3 is 2.56 bits per heavy atom. The smallest absolute Gasteiger partial charge is 0.116 e. The average molecular weight is 128 g/mol. The fourth-order valence-corrected chi connectivity index (χ4v) is 0.432. The summed E-state index contributed by atoms with van der Waals surface area (Å²) in [4.78, 5) is 0. The van der Waals surface area contributed by atoms with Crippen LogP contribution in [0.25, 0.3) is 0 Å². The number of rotatable bonds is 3. The number of alkyl halides is 1. The van der Waals surface area contributed by atoms with Crippen molar-refractivity contribution in [1.82, 2.24) is 0 Å². The molecule has 0 spiro atoms. The van der Waals surface area contributed by atoms with Crippen LogP contribution in [0.5, 0.6) is 0 Å². The number of allylic oxidation sites excluding steroid dienone is 4. The van der Waals surface area contributed by atoms with E-state index in [1.54, 1.807) is 6.08 Å². The van der Waals surface area contributed by atoms with E-state index in [4.69, 9.17) is 0 Å². The summed E-state index contributed by atoms with van der Waals surface area (Å²) >= 11 is 0. The summed E-state index contributed by atoms with van der Waals surface area (Å²) in [5, 5.41) is 0. The first-order valence-electron chi connectivity index (χ1n) is 3.24. The Morgan fingerprint density at radius 1 is 1.44 bits per heavy atom. The molecular weight excluding hydrogens is 115 g/mol. The molecule has 0 aromatic carbocycles. The van der Waals surface area contributed by atoms with Crippen molar-refractivity contribution in [3.63, 3.8) is 0 Å². The van der Waals surface area contributed by atoms with Crippen LogP contribution in [0, 0.1) is 0 Å². The molecular formula is C8H13F. The third kappa shape index (κ3) is 7.41. The monoisotopic (exact) mass is 128 g/mol. The predicted octanol–water partition coefficient (Wildman–Crippen LogP) is 2.87. The molecule has 52 valence electrons. The third-order valence-corrected chi connectivity index (χ3v) is 0.859. The topological polar surface area (TPSA) is 0 Å². The lowest BCUT2D eigenvalue weighted by Gasteiger charge is -1.84. The van der Waals surface area contributed by atoms with Gasteiger partial charge >= 0.3 is 0 Å². The lowest BCUT2D eigenvalue weighted by Crippen LogP contribution is -1.80. The minimum atomic E-state index is -0.827. The fraction of sp³-hybridized carbons (Fsp3) is 0.500. The molecule has 0 bridgehead atoms. The van der Waals surface area contributed by atoms with Crippen molar-refractivity contribution >= 4 is 0 Å². The van der Waals surface area contributed by atoms with E-state index < -0.39 is 6.17 Å². The maximum Gasteiger partial charge on any atom is 0.116 e. The van der Waals surface area contributed by atoms with Crippen LogP contribution in [-0.4, -0.2) is 6.17 Å². The number of halogens is 1. The summed E-state index contributed by atoms with van der Waals surface area (Å²) in [5.74, 6) is 0. The molecule has 0 aliphatic rings. The van der Waals surface area contributed by atoms with E-state index in [1.165, 1.54) is 13.0 Å². The summed E-state index contributed by atoms with van der Waals surface area (Å²) < 4.78 is 12.0. The predicted molar refractivity (Wildman–Crippen MR) is 39.1 cm³/mol. The van der Waals surface area contributed by atoms with E-state index in [0.29, 0.717) is 0 Å². The van der Waals surface area contributed by atoms with Crippen LogP contribution in [-0.2, 0) is 0 Å². The van der Waals surface area contributed by atoms with Crippen LogP contribution in [0.2, 0.25) is 0 Å². The van der Waals surface area contributed by atoms with Crippen LogP contribution in [0.1, 0.15) is 20.3 Å². The highest BCUT2D eigenvalue weighted by atomic mass is 19.1. The molecule has 1 atom stereocenters. The van der Waals surface area contributed by atoms with Crippen molar-refractivity contribution in [1.29, 1.82) is 0 Å². The summed E-state index contributed by atoms with van der Waals surface area (Å²) in [6, 6.07) is 0. The van der Waals surface area contributed by atoms with Gasteiger partial charge in [-0.3, -0.25) is 0 Å². The highest BCUT2D eigenvalue weighted by Gasteiger charge is 1.83. The summed E-state index contributed by atoms with van der Waals surface area (Å²) in [7, 11) is 0. The standard InChI is InChI=1S/C8H13F/c1-3-4-5-6-7-8(2)9/h4-8H,3H2,1-2H3/b5-4-,7-6-. The molecule has 0 nitrogen and oxygen atoms in total. The first kappa shape index (κ1) is 8.41. The second-order valence-corrected chi connectivity index (χ2v) is 1.90. The molecule has 0 aliphatic heterocycles. The Morgan fingerprint density at radius 2 is 2.11 bits per heavy atom. The zero-order valence-electron chi connectivity index (χ0n) is 5.97. The van der Waals surface area contributed by atoms with Crippen LogP contribution in [0.3, 0.4) is 0 Å². The second-order valence-electron chi connectivity index (χ2n) is 1.90. The molecule has 0 heterocycles. The van der Waals surface area contributed by atoms with Gasteiger partial charge in [0, 0.05) is 0 Å². The van der Waals surface area contributed by atoms with Crippen molar-refractivity contribution in [2.45, 2.75) is 26.4 Å². The van der Waals surface area contributed by atoms with Gasteiger partial charge in [-0.1, -0.05) is 31.2 Å². The molecule has 0 saturated carbocycles. The van der Waals surface area contributed by atoms with E-state index in [2.05, 4.69) is 0 Å². The molecule has 0 fully saturated rings. The molecule has 9 heavy (non-hydrogen) atoms. The molecule has 0 aromatic rings. The van der Waals surface area contributed by atoms with Crippen molar-refractivity contribution in [3.8, 4) is 0 Å². The summed E-state index contributed by atoms with van der Waals surface area (Å²) in [6.45, 7) is 3.56. The average Bonchev–Trinajstić information content (AvgIpc) is 1.80. The van der Waals surface area contributed by atoms with Gasteiger partial charge in [0.25, 0.3) is 0 Å². The van der Waals surface area contributed by atoms with Crippen LogP contribution < -0.4 is 0 Å². The van der Waals surface area contributed by atoms with Gasteiger partial charge in [0.05, 0.1) is 0 Å². The van der Waals surface area contributed by atoms with Crippen molar-refractivity contribution in [3.05, 3.63) is 24.3 Å². The molecule has 0 radical (unpaired) electrons. The van der Waals surface area contributed by atoms with Gasteiger partial charge in [-0.25, -0.2) is 4.39 Å². The first-order valence-corrected chi connectivity index (χ1v) is 3.24. The van der Waals surface area contributed by atoms with Gasteiger partial charge < -0.3 is 0 Å². The van der Waals surface area contributed by atoms with Gasteiger partial charge in [-0.05, 0) is 13.3 Å². The van der Waals surface area contributed by atoms with Crippen LogP contribution in [0.15, 0.2) is 24.3 Å².